The molecule has 1 aromatic carbocycles. The van der Waals surface area contributed by atoms with E-state index in [-0.39, 0.29) is 12.1 Å². The molecule has 0 saturated heterocycles. The largest absolute Gasteiger partial charge is 0.505 e. The standard InChI is InChI=1S/C9H8FNO4S/c1-16(14,15)7-3-2-6(4-11-5-12)9(13)8(7)10/h2-3,13H,4H2,1H3. The third-order valence-corrected chi connectivity index (χ3v) is 2.99. The van der Waals surface area contributed by atoms with E-state index in [1.165, 1.54) is 12.1 Å². The minimum Gasteiger partial charge on any atom is -0.505 e. The first-order valence-electron chi connectivity index (χ1n) is 4.12. The van der Waals surface area contributed by atoms with Gasteiger partial charge in [0.25, 0.3) is 0 Å². The molecule has 0 heterocycles. The molecule has 0 atom stereocenters. The Morgan fingerprint density at radius 2 is 2.12 bits per heavy atom. The van der Waals surface area contributed by atoms with Gasteiger partial charge in [0.2, 0.25) is 6.08 Å². The van der Waals surface area contributed by atoms with Gasteiger partial charge in [-0.3, -0.25) is 0 Å². The van der Waals surface area contributed by atoms with Gasteiger partial charge in [0.15, 0.2) is 21.4 Å². The Balaban J connectivity index is 3.34. The van der Waals surface area contributed by atoms with Crippen LogP contribution < -0.4 is 0 Å². The predicted molar refractivity (Wildman–Crippen MR) is 53.0 cm³/mol. The van der Waals surface area contributed by atoms with Gasteiger partial charge in [-0.1, -0.05) is 6.07 Å². The van der Waals surface area contributed by atoms with Crippen LogP contribution in [0.1, 0.15) is 5.56 Å². The Morgan fingerprint density at radius 1 is 1.50 bits per heavy atom. The van der Waals surface area contributed by atoms with Gasteiger partial charge >= 0.3 is 0 Å². The Kier molecular flexibility index (Phi) is 3.41. The average molecular weight is 245 g/mol. The first-order valence-corrected chi connectivity index (χ1v) is 6.01. The molecule has 0 aliphatic rings. The third kappa shape index (κ3) is 2.44. The number of phenolic OH excluding ortho intramolecular Hbond substituents is 1. The number of isocyanates is 1. The number of hydrogen-bond donors (Lipinski definition) is 1. The van der Waals surface area contributed by atoms with Crippen LogP contribution >= 0.6 is 0 Å². The third-order valence-electron chi connectivity index (χ3n) is 1.88. The quantitative estimate of drug-likeness (QED) is 0.629. The van der Waals surface area contributed by atoms with Crippen LogP contribution in [0.4, 0.5) is 4.39 Å². The average Bonchev–Trinajstić information content (AvgIpc) is 2.18. The van der Waals surface area contributed by atoms with E-state index in [4.69, 9.17) is 0 Å². The molecular formula is C9H8FNO4S. The predicted octanol–water partition coefficient (Wildman–Crippen LogP) is 0.771. The zero-order chi connectivity index (χ0) is 12.3. The van der Waals surface area contributed by atoms with E-state index in [2.05, 4.69) is 4.99 Å². The molecule has 0 radical (unpaired) electrons. The normalized spacial score (nSPS) is 10.9. The summed E-state index contributed by atoms with van der Waals surface area (Å²) in [6, 6.07) is 2.20. The van der Waals surface area contributed by atoms with Crippen molar-refractivity contribution in [3.63, 3.8) is 0 Å². The maximum Gasteiger partial charge on any atom is 0.235 e. The summed E-state index contributed by atoms with van der Waals surface area (Å²) in [5.41, 5.74) is 0.0215. The van der Waals surface area contributed by atoms with E-state index in [0.717, 1.165) is 12.3 Å². The fourth-order valence-corrected chi connectivity index (χ4v) is 1.85. The summed E-state index contributed by atoms with van der Waals surface area (Å²) in [4.78, 5) is 12.4. The van der Waals surface area contributed by atoms with Crippen LogP contribution in [0, 0.1) is 5.82 Å². The van der Waals surface area contributed by atoms with E-state index in [1.807, 2.05) is 0 Å². The minimum absolute atomic E-state index is 0.0215. The summed E-state index contributed by atoms with van der Waals surface area (Å²) >= 11 is 0. The number of benzene rings is 1. The monoisotopic (exact) mass is 245 g/mol. The second-order valence-corrected chi connectivity index (χ2v) is 5.05. The molecule has 0 spiro atoms. The molecule has 0 saturated carbocycles. The van der Waals surface area contributed by atoms with E-state index >= 15 is 0 Å². The van der Waals surface area contributed by atoms with Crippen molar-refractivity contribution in [2.24, 2.45) is 4.99 Å². The molecule has 0 bridgehead atoms. The van der Waals surface area contributed by atoms with Crippen molar-refractivity contribution >= 4 is 15.9 Å². The van der Waals surface area contributed by atoms with Crippen molar-refractivity contribution < 1.29 is 22.7 Å². The Morgan fingerprint density at radius 3 is 2.62 bits per heavy atom. The molecule has 0 aliphatic heterocycles. The van der Waals surface area contributed by atoms with E-state index in [0.29, 0.717) is 0 Å². The van der Waals surface area contributed by atoms with Gasteiger partial charge in [-0.2, -0.15) is 0 Å². The highest BCUT2D eigenvalue weighted by Crippen LogP contribution is 2.27. The lowest BCUT2D eigenvalue weighted by molar-refractivity contribution is 0.416. The Hall–Kier alpha value is -1.72. The number of nitrogens with zero attached hydrogens (tertiary/aromatic N) is 1. The lowest BCUT2D eigenvalue weighted by atomic mass is 10.2. The zero-order valence-electron chi connectivity index (χ0n) is 8.27. The van der Waals surface area contributed by atoms with Crippen LogP contribution in [0.5, 0.6) is 5.75 Å². The van der Waals surface area contributed by atoms with Gasteiger partial charge in [-0.05, 0) is 6.07 Å². The van der Waals surface area contributed by atoms with Gasteiger partial charge in [-0.25, -0.2) is 22.6 Å². The van der Waals surface area contributed by atoms with Crippen molar-refractivity contribution in [3.8, 4) is 5.75 Å². The molecule has 1 aromatic rings. The highest BCUT2D eigenvalue weighted by atomic mass is 32.2. The van der Waals surface area contributed by atoms with E-state index in [9.17, 15) is 22.7 Å². The molecule has 7 heteroatoms. The first kappa shape index (κ1) is 12.4. The minimum atomic E-state index is -3.74. The summed E-state index contributed by atoms with van der Waals surface area (Å²) in [7, 11) is -3.74. The molecular weight excluding hydrogens is 237 g/mol. The summed E-state index contributed by atoms with van der Waals surface area (Å²) in [5.74, 6) is -2.05. The number of carbonyl (C=O) groups excluding carboxylic acids is 1. The van der Waals surface area contributed by atoms with Crippen molar-refractivity contribution in [1.29, 1.82) is 0 Å². The van der Waals surface area contributed by atoms with Crippen molar-refractivity contribution in [3.05, 3.63) is 23.5 Å². The van der Waals surface area contributed by atoms with Crippen LogP contribution in [0.25, 0.3) is 0 Å². The van der Waals surface area contributed by atoms with E-state index in [1.54, 1.807) is 0 Å². The lowest BCUT2D eigenvalue weighted by Crippen LogP contribution is -2.02. The molecule has 0 aromatic heterocycles. The van der Waals surface area contributed by atoms with Gasteiger partial charge in [-0.15, -0.1) is 0 Å². The number of halogens is 1. The summed E-state index contributed by atoms with van der Waals surface area (Å²) in [5, 5.41) is 9.34. The summed E-state index contributed by atoms with van der Waals surface area (Å²) in [6.45, 7) is -0.254. The topological polar surface area (TPSA) is 83.8 Å². The van der Waals surface area contributed by atoms with Gasteiger partial charge in [0.1, 0.15) is 4.90 Å². The molecule has 0 aliphatic carbocycles. The van der Waals surface area contributed by atoms with E-state index < -0.39 is 26.3 Å². The van der Waals surface area contributed by atoms with Gasteiger partial charge < -0.3 is 5.11 Å². The molecule has 0 amide bonds. The number of aliphatic imine (C=N–C) groups is 1. The van der Waals surface area contributed by atoms with Crippen LogP contribution in [-0.4, -0.2) is 25.9 Å². The fourth-order valence-electron chi connectivity index (χ4n) is 1.12. The highest BCUT2D eigenvalue weighted by Gasteiger charge is 2.19. The zero-order valence-corrected chi connectivity index (χ0v) is 9.08. The molecule has 0 fully saturated rings. The van der Waals surface area contributed by atoms with Crippen LogP contribution in [0.2, 0.25) is 0 Å². The summed E-state index contributed by atoms with van der Waals surface area (Å²) in [6.07, 6.45) is 2.06. The van der Waals surface area contributed by atoms with Crippen molar-refractivity contribution in [2.45, 2.75) is 11.4 Å². The summed E-state index contributed by atoms with van der Waals surface area (Å²) < 4.78 is 35.6. The smallest absolute Gasteiger partial charge is 0.235 e. The maximum absolute atomic E-state index is 13.4. The SMILES string of the molecule is CS(=O)(=O)c1ccc(CN=C=O)c(O)c1F. The number of hydrogen-bond acceptors (Lipinski definition) is 5. The molecule has 0 unspecified atom stereocenters. The maximum atomic E-state index is 13.4. The number of sulfone groups is 1. The fraction of sp³-hybridized carbons (Fsp3) is 0.222. The van der Waals surface area contributed by atoms with Gasteiger partial charge in [0, 0.05) is 11.8 Å². The second-order valence-electron chi connectivity index (χ2n) is 3.07. The first-order chi connectivity index (χ1) is 7.38. The molecule has 16 heavy (non-hydrogen) atoms. The highest BCUT2D eigenvalue weighted by molar-refractivity contribution is 7.90. The molecule has 1 rings (SSSR count). The molecule has 1 N–H and O–H groups in total. The van der Waals surface area contributed by atoms with Crippen LogP contribution in [-0.2, 0) is 21.2 Å². The molecule has 5 nitrogen and oxygen atoms in total. The number of phenols is 1. The number of rotatable bonds is 3. The van der Waals surface area contributed by atoms with Crippen molar-refractivity contribution in [2.75, 3.05) is 6.26 Å². The lowest BCUT2D eigenvalue weighted by Gasteiger charge is -2.05. The number of aromatic hydroxyl groups is 1. The van der Waals surface area contributed by atoms with Crippen molar-refractivity contribution in [1.82, 2.24) is 0 Å². The molecule has 86 valence electrons. The van der Waals surface area contributed by atoms with Gasteiger partial charge in [0.05, 0.1) is 6.54 Å². The Bertz CT molecular complexity index is 561. The Labute approximate surface area is 91.2 Å². The second kappa shape index (κ2) is 4.42. The van der Waals surface area contributed by atoms with Crippen LogP contribution in [0.15, 0.2) is 22.0 Å². The van der Waals surface area contributed by atoms with Crippen LogP contribution in [0.3, 0.4) is 0 Å².